The number of hydrogen-bond acceptors (Lipinski definition) is 4. The van der Waals surface area contributed by atoms with Crippen LogP contribution in [0.3, 0.4) is 0 Å². The molecule has 2 aromatic rings. The Morgan fingerprint density at radius 2 is 1.48 bits per heavy atom. The highest BCUT2D eigenvalue weighted by Gasteiger charge is 2.13. The summed E-state index contributed by atoms with van der Waals surface area (Å²) in [5, 5.41) is 0. The lowest BCUT2D eigenvalue weighted by atomic mass is 10.3. The van der Waals surface area contributed by atoms with Gasteiger partial charge in [0.15, 0.2) is 0 Å². The number of ether oxygens (including phenoxy) is 2. The lowest BCUT2D eigenvalue weighted by molar-refractivity contribution is 0.309. The first-order valence-electron chi connectivity index (χ1n) is 8.12. The van der Waals surface area contributed by atoms with Crippen LogP contribution in [0.25, 0.3) is 0 Å². The van der Waals surface area contributed by atoms with Crippen LogP contribution in [-0.4, -0.2) is 28.2 Å². The van der Waals surface area contributed by atoms with E-state index < -0.39 is 10.0 Å². The van der Waals surface area contributed by atoms with Gasteiger partial charge in [-0.15, -0.1) is 0 Å². The molecule has 0 atom stereocenters. The van der Waals surface area contributed by atoms with Crippen molar-refractivity contribution in [1.29, 1.82) is 0 Å². The minimum Gasteiger partial charge on any atom is -0.494 e. The molecule has 0 aliphatic carbocycles. The average molecular weight is 367 g/mol. The van der Waals surface area contributed by atoms with Crippen LogP contribution in [0, 0.1) is 5.82 Å². The third-order valence-electron chi connectivity index (χ3n) is 3.38. The van der Waals surface area contributed by atoms with Gasteiger partial charge in [0.2, 0.25) is 10.0 Å². The molecule has 0 aromatic heterocycles. The molecule has 0 saturated carbocycles. The predicted octanol–water partition coefficient (Wildman–Crippen LogP) is 3.36. The molecule has 5 nitrogen and oxygen atoms in total. The summed E-state index contributed by atoms with van der Waals surface area (Å²) in [5.41, 5.74) is 0. The first kappa shape index (κ1) is 19.2. The van der Waals surface area contributed by atoms with Crippen molar-refractivity contribution in [2.75, 3.05) is 19.8 Å². The van der Waals surface area contributed by atoms with Gasteiger partial charge in [0.1, 0.15) is 23.9 Å². The van der Waals surface area contributed by atoms with Crippen LogP contribution in [0.2, 0.25) is 0 Å². The number of hydrogen-bond donors (Lipinski definition) is 1. The molecule has 2 rings (SSSR count). The maximum atomic E-state index is 12.8. The molecule has 0 saturated heterocycles. The van der Waals surface area contributed by atoms with E-state index in [1.165, 1.54) is 36.4 Å². The van der Waals surface area contributed by atoms with Crippen molar-refractivity contribution >= 4 is 10.0 Å². The highest BCUT2D eigenvalue weighted by Crippen LogP contribution is 2.16. The molecule has 7 heteroatoms. The van der Waals surface area contributed by atoms with E-state index in [0.29, 0.717) is 18.1 Å². The van der Waals surface area contributed by atoms with E-state index in [1.54, 1.807) is 12.1 Å². The van der Waals surface area contributed by atoms with Gasteiger partial charge in [-0.25, -0.2) is 17.5 Å². The Morgan fingerprint density at radius 1 is 0.920 bits per heavy atom. The Bertz CT molecular complexity index is 746. The molecular formula is C18H22FNO4S. The molecule has 0 radical (unpaired) electrons. The average Bonchev–Trinajstić information content (AvgIpc) is 2.61. The van der Waals surface area contributed by atoms with Crippen LogP contribution in [0.15, 0.2) is 53.4 Å². The van der Waals surface area contributed by atoms with Crippen molar-refractivity contribution in [3.05, 3.63) is 54.3 Å². The van der Waals surface area contributed by atoms with Gasteiger partial charge < -0.3 is 9.47 Å². The van der Waals surface area contributed by atoms with E-state index in [-0.39, 0.29) is 23.9 Å². The molecule has 0 unspecified atom stereocenters. The maximum absolute atomic E-state index is 12.8. The first-order valence-corrected chi connectivity index (χ1v) is 9.60. The molecule has 0 spiro atoms. The van der Waals surface area contributed by atoms with Gasteiger partial charge >= 0.3 is 0 Å². The minimum absolute atomic E-state index is 0.106. The van der Waals surface area contributed by atoms with E-state index in [0.717, 1.165) is 12.8 Å². The van der Waals surface area contributed by atoms with Crippen LogP contribution in [0.5, 0.6) is 11.5 Å². The Hall–Kier alpha value is -2.12. The summed E-state index contributed by atoms with van der Waals surface area (Å²) < 4.78 is 50.5. The Kier molecular flexibility index (Phi) is 7.21. The molecule has 0 aliphatic rings. The van der Waals surface area contributed by atoms with Gasteiger partial charge in [0, 0.05) is 6.54 Å². The van der Waals surface area contributed by atoms with Crippen LogP contribution >= 0.6 is 0 Å². The van der Waals surface area contributed by atoms with Gasteiger partial charge in [-0.2, -0.15) is 0 Å². The monoisotopic (exact) mass is 367 g/mol. The number of unbranched alkanes of at least 4 members (excludes halogenated alkanes) is 1. The van der Waals surface area contributed by atoms with E-state index in [1.807, 2.05) is 0 Å². The van der Waals surface area contributed by atoms with Crippen molar-refractivity contribution in [2.45, 2.75) is 24.7 Å². The van der Waals surface area contributed by atoms with Crippen molar-refractivity contribution in [1.82, 2.24) is 4.72 Å². The van der Waals surface area contributed by atoms with Crippen LogP contribution in [-0.2, 0) is 10.0 Å². The van der Waals surface area contributed by atoms with E-state index >= 15 is 0 Å². The predicted molar refractivity (Wildman–Crippen MR) is 93.9 cm³/mol. The minimum atomic E-state index is -3.61. The van der Waals surface area contributed by atoms with Crippen molar-refractivity contribution < 1.29 is 22.3 Å². The van der Waals surface area contributed by atoms with Crippen molar-refractivity contribution in [2.24, 2.45) is 0 Å². The molecule has 0 bridgehead atoms. The summed E-state index contributed by atoms with van der Waals surface area (Å²) in [6.07, 6.45) is 1.99. The second kappa shape index (κ2) is 9.39. The highest BCUT2D eigenvalue weighted by atomic mass is 32.2. The third-order valence-corrected chi connectivity index (χ3v) is 4.85. The quantitative estimate of drug-likeness (QED) is 0.654. The topological polar surface area (TPSA) is 64.6 Å². The molecular weight excluding hydrogens is 345 g/mol. The fourth-order valence-corrected chi connectivity index (χ4v) is 3.02. The molecule has 1 N–H and O–H groups in total. The number of halogens is 1. The van der Waals surface area contributed by atoms with Crippen molar-refractivity contribution in [3.63, 3.8) is 0 Å². The maximum Gasteiger partial charge on any atom is 0.240 e. The number of nitrogens with one attached hydrogen (secondary N) is 1. The van der Waals surface area contributed by atoms with E-state index in [9.17, 15) is 12.8 Å². The first-order chi connectivity index (χ1) is 12.0. The summed E-state index contributed by atoms with van der Waals surface area (Å²) in [6.45, 7) is 2.93. The molecule has 2 aromatic carbocycles. The molecule has 25 heavy (non-hydrogen) atoms. The molecule has 0 amide bonds. The fourth-order valence-electron chi connectivity index (χ4n) is 2.01. The number of sulfonamides is 1. The smallest absolute Gasteiger partial charge is 0.240 e. The van der Waals surface area contributed by atoms with Gasteiger partial charge in [0.25, 0.3) is 0 Å². The largest absolute Gasteiger partial charge is 0.494 e. The molecule has 0 aliphatic heterocycles. The van der Waals surface area contributed by atoms with Crippen LogP contribution in [0.1, 0.15) is 19.8 Å². The highest BCUT2D eigenvalue weighted by molar-refractivity contribution is 7.89. The lowest BCUT2D eigenvalue weighted by Gasteiger charge is -2.10. The summed E-state index contributed by atoms with van der Waals surface area (Å²) in [5.74, 6) is 0.774. The van der Waals surface area contributed by atoms with Crippen molar-refractivity contribution in [3.8, 4) is 11.5 Å². The third kappa shape index (κ3) is 6.36. The summed E-state index contributed by atoms with van der Waals surface area (Å²) >= 11 is 0. The number of benzene rings is 2. The lowest BCUT2D eigenvalue weighted by Crippen LogP contribution is -2.28. The second-order valence-electron chi connectivity index (χ2n) is 5.37. The van der Waals surface area contributed by atoms with E-state index in [2.05, 4.69) is 11.6 Å². The summed E-state index contributed by atoms with van der Waals surface area (Å²) in [7, 11) is -3.61. The van der Waals surface area contributed by atoms with E-state index in [4.69, 9.17) is 9.47 Å². The SMILES string of the molecule is CCCCOc1ccc(S(=O)(=O)NCCOc2ccc(F)cc2)cc1. The Morgan fingerprint density at radius 3 is 2.08 bits per heavy atom. The van der Waals surface area contributed by atoms with Gasteiger partial charge in [-0.3, -0.25) is 0 Å². The fraction of sp³-hybridized carbons (Fsp3) is 0.333. The Balaban J connectivity index is 1.81. The van der Waals surface area contributed by atoms with Crippen LogP contribution in [0.4, 0.5) is 4.39 Å². The normalized spacial score (nSPS) is 11.3. The molecule has 0 fully saturated rings. The second-order valence-corrected chi connectivity index (χ2v) is 7.14. The van der Waals surface area contributed by atoms with Crippen LogP contribution < -0.4 is 14.2 Å². The zero-order valence-corrected chi connectivity index (χ0v) is 14.9. The molecule has 136 valence electrons. The standard InChI is InChI=1S/C18H22FNO4S/c1-2-3-13-23-17-8-10-18(11-9-17)25(21,22)20-12-14-24-16-6-4-15(19)5-7-16/h4-11,20H,2-3,12-14H2,1H3. The van der Waals surface area contributed by atoms with Gasteiger partial charge in [0.05, 0.1) is 11.5 Å². The van der Waals surface area contributed by atoms with Gasteiger partial charge in [-0.1, -0.05) is 13.3 Å². The van der Waals surface area contributed by atoms with Gasteiger partial charge in [-0.05, 0) is 55.0 Å². The summed E-state index contributed by atoms with van der Waals surface area (Å²) in [4.78, 5) is 0.164. The number of rotatable bonds is 10. The Labute approximate surface area is 147 Å². The summed E-state index contributed by atoms with van der Waals surface area (Å²) in [6, 6.07) is 11.8. The zero-order valence-electron chi connectivity index (χ0n) is 14.1. The zero-order chi connectivity index (χ0) is 18.1. The molecule has 0 heterocycles.